The number of aliphatic imine (C=N–C) groups is 1. The second-order valence-electron chi connectivity index (χ2n) is 7.18. The van der Waals surface area contributed by atoms with E-state index < -0.39 is 5.60 Å². The van der Waals surface area contributed by atoms with Crippen molar-refractivity contribution in [1.29, 1.82) is 0 Å². The van der Waals surface area contributed by atoms with Gasteiger partial charge in [0.2, 0.25) is 0 Å². The van der Waals surface area contributed by atoms with Gasteiger partial charge in [-0.15, -0.1) is 0 Å². The summed E-state index contributed by atoms with van der Waals surface area (Å²) in [4.78, 5) is 18.9. The minimum absolute atomic E-state index is 0.0688. The number of nitrogens with zero attached hydrogens (tertiary/aromatic N) is 2. The Kier molecular flexibility index (Phi) is 4.04. The maximum absolute atomic E-state index is 11.7. The highest BCUT2D eigenvalue weighted by Crippen LogP contribution is 2.50. The quantitative estimate of drug-likeness (QED) is 0.850. The van der Waals surface area contributed by atoms with Gasteiger partial charge in [0, 0.05) is 13.0 Å². The first-order valence-electron chi connectivity index (χ1n) is 8.86. The van der Waals surface area contributed by atoms with Gasteiger partial charge in [0.1, 0.15) is 11.4 Å². The first-order valence-corrected chi connectivity index (χ1v) is 8.86. The van der Waals surface area contributed by atoms with Crippen LogP contribution in [0.3, 0.4) is 0 Å². The predicted molar refractivity (Wildman–Crippen MR) is 93.3 cm³/mol. The third kappa shape index (κ3) is 2.55. The Morgan fingerprint density at radius 1 is 1.40 bits per heavy atom. The Morgan fingerprint density at radius 2 is 2.24 bits per heavy atom. The molecule has 0 amide bonds. The predicted octanol–water partition coefficient (Wildman–Crippen LogP) is 2.02. The molecule has 0 radical (unpaired) electrons. The van der Waals surface area contributed by atoms with Gasteiger partial charge in [0.25, 0.3) is 0 Å². The van der Waals surface area contributed by atoms with E-state index >= 15 is 0 Å². The summed E-state index contributed by atoms with van der Waals surface area (Å²) in [6.07, 6.45) is 2.86. The third-order valence-corrected chi connectivity index (χ3v) is 5.88. The summed E-state index contributed by atoms with van der Waals surface area (Å²) >= 11 is 0. The number of aliphatic hydroxyl groups is 1. The zero-order valence-corrected chi connectivity index (χ0v) is 14.7. The Labute approximate surface area is 147 Å². The average Bonchev–Trinajstić information content (AvgIpc) is 2.95. The van der Waals surface area contributed by atoms with Gasteiger partial charge in [-0.25, -0.2) is 0 Å². The molecule has 3 atom stereocenters. The van der Waals surface area contributed by atoms with Gasteiger partial charge in [-0.05, 0) is 43.9 Å². The highest BCUT2D eigenvalue weighted by molar-refractivity contribution is 6.05. The number of carbonyl (C=O) groups is 1. The molecule has 3 heterocycles. The molecule has 1 N–H and O–H groups in total. The fourth-order valence-corrected chi connectivity index (χ4v) is 4.60. The molecule has 6 nitrogen and oxygen atoms in total. The molecule has 0 aliphatic carbocycles. The fraction of sp³-hybridized carbons (Fsp3) is 0.579. The third-order valence-electron chi connectivity index (χ3n) is 5.88. The van der Waals surface area contributed by atoms with Crippen molar-refractivity contribution in [2.75, 3.05) is 27.3 Å². The molecule has 2 unspecified atom stereocenters. The van der Waals surface area contributed by atoms with Crippen LogP contribution in [-0.2, 0) is 15.1 Å². The Hall–Kier alpha value is -1.92. The molecule has 0 aromatic heterocycles. The van der Waals surface area contributed by atoms with E-state index in [1.807, 2.05) is 18.2 Å². The van der Waals surface area contributed by atoms with Gasteiger partial charge in [0.15, 0.2) is 0 Å². The highest BCUT2D eigenvalue weighted by Gasteiger charge is 2.52. The molecule has 134 valence electrons. The summed E-state index contributed by atoms with van der Waals surface area (Å²) < 4.78 is 10.3. The summed E-state index contributed by atoms with van der Waals surface area (Å²) in [7, 11) is 3.06. The van der Waals surface area contributed by atoms with Gasteiger partial charge in [-0.1, -0.05) is 6.07 Å². The summed E-state index contributed by atoms with van der Waals surface area (Å²) in [6.45, 7) is 1.75. The van der Waals surface area contributed by atoms with Crippen LogP contribution in [0.5, 0.6) is 5.75 Å². The van der Waals surface area contributed by atoms with Crippen LogP contribution in [0.1, 0.15) is 31.2 Å². The summed E-state index contributed by atoms with van der Waals surface area (Å²) in [5.74, 6) is 0.793. The van der Waals surface area contributed by atoms with Crippen LogP contribution in [0.4, 0.5) is 5.69 Å². The van der Waals surface area contributed by atoms with Crippen LogP contribution in [0, 0.1) is 5.92 Å². The van der Waals surface area contributed by atoms with Gasteiger partial charge in [0.05, 0.1) is 37.2 Å². The molecule has 4 rings (SSSR count). The summed E-state index contributed by atoms with van der Waals surface area (Å²) in [5, 5.41) is 11.5. The number of hydrogen-bond donors (Lipinski definition) is 1. The molecule has 0 saturated carbocycles. The first-order chi connectivity index (χ1) is 12.1. The van der Waals surface area contributed by atoms with Gasteiger partial charge in [-0.2, -0.15) is 0 Å². The summed E-state index contributed by atoms with van der Waals surface area (Å²) in [6, 6.07) is 5.78. The monoisotopic (exact) mass is 344 g/mol. The van der Waals surface area contributed by atoms with Crippen molar-refractivity contribution in [3.8, 4) is 5.75 Å². The lowest BCUT2D eigenvalue weighted by Crippen LogP contribution is -2.58. The second-order valence-corrected chi connectivity index (χ2v) is 7.18. The van der Waals surface area contributed by atoms with Crippen molar-refractivity contribution in [2.24, 2.45) is 10.9 Å². The van der Waals surface area contributed by atoms with Crippen LogP contribution >= 0.6 is 0 Å². The molecule has 3 aliphatic heterocycles. The number of fused-ring (bicyclic) bond motifs is 5. The number of rotatable bonds is 3. The van der Waals surface area contributed by atoms with Crippen molar-refractivity contribution in [1.82, 2.24) is 4.90 Å². The summed E-state index contributed by atoms with van der Waals surface area (Å²) in [5.41, 5.74) is 1.35. The van der Waals surface area contributed by atoms with Gasteiger partial charge >= 0.3 is 5.97 Å². The Morgan fingerprint density at radius 3 is 3.00 bits per heavy atom. The zero-order chi connectivity index (χ0) is 17.6. The second kappa shape index (κ2) is 6.11. The van der Waals surface area contributed by atoms with E-state index in [4.69, 9.17) is 14.5 Å². The van der Waals surface area contributed by atoms with E-state index in [0.29, 0.717) is 18.6 Å². The van der Waals surface area contributed by atoms with Crippen LogP contribution in [0.2, 0.25) is 0 Å². The molecule has 2 fully saturated rings. The minimum atomic E-state index is -1.06. The largest absolute Gasteiger partial charge is 0.496 e. The van der Waals surface area contributed by atoms with Gasteiger partial charge in [-0.3, -0.25) is 14.7 Å². The average molecular weight is 344 g/mol. The highest BCUT2D eigenvalue weighted by atomic mass is 16.5. The van der Waals surface area contributed by atoms with E-state index in [-0.39, 0.29) is 17.9 Å². The van der Waals surface area contributed by atoms with Crippen molar-refractivity contribution >= 4 is 17.4 Å². The van der Waals surface area contributed by atoms with E-state index in [9.17, 15) is 9.90 Å². The van der Waals surface area contributed by atoms with Crippen molar-refractivity contribution in [2.45, 2.75) is 37.3 Å². The van der Waals surface area contributed by atoms with Crippen LogP contribution in [-0.4, -0.2) is 55.0 Å². The molecule has 3 aliphatic rings. The maximum atomic E-state index is 11.7. The molecule has 1 aromatic carbocycles. The van der Waals surface area contributed by atoms with Crippen molar-refractivity contribution in [3.05, 3.63) is 23.8 Å². The number of carbonyl (C=O) groups excluding carboxylic acids is 1. The van der Waals surface area contributed by atoms with Crippen LogP contribution in [0.25, 0.3) is 0 Å². The van der Waals surface area contributed by atoms with E-state index in [0.717, 1.165) is 42.9 Å². The van der Waals surface area contributed by atoms with Crippen LogP contribution in [0.15, 0.2) is 23.2 Å². The Balaban J connectivity index is 1.65. The lowest BCUT2D eigenvalue weighted by Gasteiger charge is -2.47. The van der Waals surface area contributed by atoms with Crippen molar-refractivity contribution in [3.63, 3.8) is 0 Å². The number of hydrogen-bond acceptors (Lipinski definition) is 6. The van der Waals surface area contributed by atoms with Crippen LogP contribution < -0.4 is 4.74 Å². The number of piperidine rings is 2. The maximum Gasteiger partial charge on any atom is 0.305 e. The van der Waals surface area contributed by atoms with E-state index in [2.05, 4.69) is 4.90 Å². The van der Waals surface area contributed by atoms with Gasteiger partial charge < -0.3 is 14.6 Å². The fourth-order valence-electron chi connectivity index (χ4n) is 4.60. The molecule has 0 bridgehead atoms. The zero-order valence-electron chi connectivity index (χ0n) is 14.7. The molecular weight excluding hydrogens is 320 g/mol. The molecule has 1 aromatic rings. The van der Waals surface area contributed by atoms with E-state index in [1.165, 1.54) is 7.11 Å². The molecular formula is C19H24N2O4. The smallest absolute Gasteiger partial charge is 0.305 e. The minimum Gasteiger partial charge on any atom is -0.496 e. The standard InChI is InChI=1S/C19H24N2O4/c1-24-15-5-3-4-13-17(15)19(23)7-9-21-8-6-12(11-16(22)25-2)10-14(21)18(19)20-13/h3-5,12,14,23H,6-11H2,1-2H3/t12?,14-,19?/m0/s1. The number of methoxy groups -OCH3 is 2. The van der Waals surface area contributed by atoms with Crippen molar-refractivity contribution < 1.29 is 19.4 Å². The molecule has 2 saturated heterocycles. The number of benzene rings is 1. The lowest BCUT2D eigenvalue weighted by molar-refractivity contribution is -0.142. The Bertz CT molecular complexity index is 732. The lowest BCUT2D eigenvalue weighted by atomic mass is 9.75. The molecule has 25 heavy (non-hydrogen) atoms. The number of ether oxygens (including phenoxy) is 2. The topological polar surface area (TPSA) is 71.4 Å². The van der Waals surface area contributed by atoms with E-state index in [1.54, 1.807) is 7.11 Å². The number of esters is 1. The SMILES string of the molecule is COC(=O)CC1CCN2CCC3(O)C(=Nc4cccc(OC)c43)[C@@H]2C1. The first kappa shape index (κ1) is 16.5. The normalized spacial score (nSPS) is 30.8. The molecule has 0 spiro atoms. The molecule has 6 heteroatoms.